The summed E-state index contributed by atoms with van der Waals surface area (Å²) in [6.07, 6.45) is -3.10. The zero-order valence-electron chi connectivity index (χ0n) is 11.1. The number of alkyl halides is 3. The normalized spacial score (nSPS) is 11.6. The third kappa shape index (κ3) is 6.61. The molecular weight excluding hydrogens is 291 g/mol. The van der Waals surface area contributed by atoms with Gasteiger partial charge in [0.25, 0.3) is 0 Å². The number of carbonyl (C=O) groups is 1. The van der Waals surface area contributed by atoms with E-state index in [1.165, 1.54) is 19.4 Å². The van der Waals surface area contributed by atoms with Crippen molar-refractivity contribution in [1.29, 1.82) is 0 Å². The monoisotopic (exact) mass is 305 g/mol. The molecule has 0 saturated carbocycles. The SMILES string of the molecule is COc1ccc(C=NNC(N)=O)cc1COCC(F)(F)F. The number of rotatable bonds is 6. The number of nitrogens with one attached hydrogen (secondary N) is 1. The molecule has 0 unspecified atom stereocenters. The smallest absolute Gasteiger partial charge is 0.411 e. The minimum absolute atomic E-state index is 0.270. The number of hydrogen-bond donors (Lipinski definition) is 2. The fourth-order valence-corrected chi connectivity index (χ4v) is 1.44. The molecule has 2 amide bonds. The van der Waals surface area contributed by atoms with Crippen LogP contribution in [-0.4, -0.2) is 32.1 Å². The molecule has 1 rings (SSSR count). The van der Waals surface area contributed by atoms with Gasteiger partial charge in [0.1, 0.15) is 12.4 Å². The van der Waals surface area contributed by atoms with Gasteiger partial charge in [-0.2, -0.15) is 18.3 Å². The van der Waals surface area contributed by atoms with Gasteiger partial charge < -0.3 is 15.2 Å². The number of hydrogen-bond acceptors (Lipinski definition) is 4. The van der Waals surface area contributed by atoms with Crippen LogP contribution in [0.5, 0.6) is 5.75 Å². The first-order chi connectivity index (χ1) is 9.81. The van der Waals surface area contributed by atoms with Crippen LogP contribution in [0.2, 0.25) is 0 Å². The number of hydrazone groups is 1. The number of amides is 2. The van der Waals surface area contributed by atoms with Gasteiger partial charge in [0.05, 0.1) is 19.9 Å². The fraction of sp³-hybridized carbons (Fsp3) is 0.333. The second-order valence-electron chi connectivity index (χ2n) is 3.91. The van der Waals surface area contributed by atoms with Crippen LogP contribution in [0.1, 0.15) is 11.1 Å². The highest BCUT2D eigenvalue weighted by molar-refractivity contribution is 5.82. The number of primary amides is 1. The van der Waals surface area contributed by atoms with E-state index in [9.17, 15) is 18.0 Å². The zero-order chi connectivity index (χ0) is 15.9. The second-order valence-corrected chi connectivity index (χ2v) is 3.91. The Balaban J connectivity index is 2.75. The molecule has 0 fully saturated rings. The number of benzene rings is 1. The van der Waals surface area contributed by atoms with Crippen LogP contribution in [0.3, 0.4) is 0 Å². The first-order valence-corrected chi connectivity index (χ1v) is 5.72. The first-order valence-electron chi connectivity index (χ1n) is 5.72. The Morgan fingerprint density at radius 2 is 2.19 bits per heavy atom. The molecule has 0 radical (unpaired) electrons. The summed E-state index contributed by atoms with van der Waals surface area (Å²) in [6, 6.07) is 3.87. The van der Waals surface area contributed by atoms with Gasteiger partial charge in [0.2, 0.25) is 0 Å². The summed E-state index contributed by atoms with van der Waals surface area (Å²) < 4.78 is 45.7. The largest absolute Gasteiger partial charge is 0.496 e. The summed E-state index contributed by atoms with van der Waals surface area (Å²) >= 11 is 0. The van der Waals surface area contributed by atoms with Crippen molar-refractivity contribution in [3.8, 4) is 5.75 Å². The van der Waals surface area contributed by atoms with E-state index in [-0.39, 0.29) is 6.61 Å². The van der Waals surface area contributed by atoms with Gasteiger partial charge in [-0.3, -0.25) is 0 Å². The van der Waals surface area contributed by atoms with Crippen LogP contribution in [0.15, 0.2) is 23.3 Å². The molecule has 0 saturated heterocycles. The van der Waals surface area contributed by atoms with E-state index in [1.54, 1.807) is 12.1 Å². The van der Waals surface area contributed by atoms with Crippen molar-refractivity contribution in [2.24, 2.45) is 10.8 Å². The highest BCUT2D eigenvalue weighted by Gasteiger charge is 2.27. The minimum Gasteiger partial charge on any atom is -0.496 e. The van der Waals surface area contributed by atoms with Crippen LogP contribution in [0.25, 0.3) is 0 Å². The number of carbonyl (C=O) groups excluding carboxylic acids is 1. The molecule has 0 atom stereocenters. The van der Waals surface area contributed by atoms with Gasteiger partial charge in [0, 0.05) is 5.56 Å². The summed E-state index contributed by atoms with van der Waals surface area (Å²) in [5, 5.41) is 3.55. The predicted molar refractivity (Wildman–Crippen MR) is 69.0 cm³/mol. The van der Waals surface area contributed by atoms with E-state index in [2.05, 4.69) is 9.84 Å². The molecule has 0 aliphatic carbocycles. The van der Waals surface area contributed by atoms with E-state index >= 15 is 0 Å². The lowest BCUT2D eigenvalue weighted by atomic mass is 10.1. The predicted octanol–water partition coefficient (Wildman–Crippen LogP) is 1.78. The van der Waals surface area contributed by atoms with Crippen LogP contribution in [0, 0.1) is 0 Å². The van der Waals surface area contributed by atoms with Gasteiger partial charge >= 0.3 is 12.2 Å². The Morgan fingerprint density at radius 1 is 1.48 bits per heavy atom. The molecule has 0 aliphatic rings. The number of ether oxygens (including phenoxy) is 2. The summed E-state index contributed by atoms with van der Waals surface area (Å²) in [4.78, 5) is 10.4. The first kappa shape index (κ1) is 16.8. The lowest BCUT2D eigenvalue weighted by Gasteiger charge is -2.11. The highest BCUT2D eigenvalue weighted by Crippen LogP contribution is 2.22. The molecule has 6 nitrogen and oxygen atoms in total. The molecule has 0 bridgehead atoms. The molecule has 21 heavy (non-hydrogen) atoms. The Bertz CT molecular complexity index is 518. The number of urea groups is 1. The molecule has 3 N–H and O–H groups in total. The maximum absolute atomic E-state index is 12.0. The molecule has 0 aromatic heterocycles. The van der Waals surface area contributed by atoms with Crippen LogP contribution >= 0.6 is 0 Å². The van der Waals surface area contributed by atoms with Crippen molar-refractivity contribution < 1.29 is 27.4 Å². The zero-order valence-corrected chi connectivity index (χ0v) is 11.1. The Hall–Kier alpha value is -2.29. The van der Waals surface area contributed by atoms with E-state index in [0.29, 0.717) is 16.9 Å². The quantitative estimate of drug-likeness (QED) is 0.620. The maximum atomic E-state index is 12.0. The lowest BCUT2D eigenvalue weighted by Crippen LogP contribution is -2.24. The van der Waals surface area contributed by atoms with Gasteiger partial charge in [0.15, 0.2) is 0 Å². The van der Waals surface area contributed by atoms with Crippen molar-refractivity contribution in [3.05, 3.63) is 29.3 Å². The average molecular weight is 305 g/mol. The number of halogens is 3. The van der Waals surface area contributed by atoms with Gasteiger partial charge in [-0.15, -0.1) is 0 Å². The topological polar surface area (TPSA) is 85.9 Å². The average Bonchev–Trinajstić information content (AvgIpc) is 2.37. The van der Waals surface area contributed by atoms with Crippen LogP contribution in [0.4, 0.5) is 18.0 Å². The van der Waals surface area contributed by atoms with Crippen LogP contribution in [-0.2, 0) is 11.3 Å². The van der Waals surface area contributed by atoms with E-state index in [0.717, 1.165) is 0 Å². The number of nitrogens with two attached hydrogens (primary N) is 1. The van der Waals surface area contributed by atoms with Crippen molar-refractivity contribution in [1.82, 2.24) is 5.43 Å². The molecule has 0 spiro atoms. The summed E-state index contributed by atoms with van der Waals surface area (Å²) in [7, 11) is 1.39. The van der Waals surface area contributed by atoms with Gasteiger partial charge in [-0.05, 0) is 23.8 Å². The van der Waals surface area contributed by atoms with E-state index in [1.807, 2.05) is 5.43 Å². The third-order valence-corrected chi connectivity index (χ3v) is 2.22. The van der Waals surface area contributed by atoms with Crippen molar-refractivity contribution in [2.75, 3.05) is 13.7 Å². The minimum atomic E-state index is -4.39. The van der Waals surface area contributed by atoms with Gasteiger partial charge in [-0.1, -0.05) is 0 Å². The molecule has 0 aliphatic heterocycles. The molecule has 0 heterocycles. The number of nitrogens with zero attached hydrogens (tertiary/aromatic N) is 1. The van der Waals surface area contributed by atoms with Crippen LogP contribution < -0.4 is 15.9 Å². The molecule has 116 valence electrons. The Labute approximate surface area is 118 Å². The van der Waals surface area contributed by atoms with Crippen molar-refractivity contribution in [3.63, 3.8) is 0 Å². The fourth-order valence-electron chi connectivity index (χ4n) is 1.44. The van der Waals surface area contributed by atoms with Crippen molar-refractivity contribution >= 4 is 12.2 Å². The summed E-state index contributed by atoms with van der Waals surface area (Å²) in [5.41, 5.74) is 7.79. The molecule has 1 aromatic carbocycles. The summed E-state index contributed by atoms with van der Waals surface area (Å²) in [5.74, 6) is 0.386. The maximum Gasteiger partial charge on any atom is 0.411 e. The third-order valence-electron chi connectivity index (χ3n) is 2.22. The molecule has 1 aromatic rings. The standard InChI is InChI=1S/C12H14F3N3O3/c1-20-10-3-2-8(5-17-18-11(16)19)4-9(10)6-21-7-12(13,14)15/h2-5H,6-7H2,1H3,(H3,16,18,19). The van der Waals surface area contributed by atoms with E-state index < -0.39 is 18.8 Å². The highest BCUT2D eigenvalue weighted by atomic mass is 19.4. The Morgan fingerprint density at radius 3 is 2.76 bits per heavy atom. The number of methoxy groups -OCH3 is 1. The summed E-state index contributed by atoms with van der Waals surface area (Å²) in [6.45, 7) is -1.62. The molecular formula is C12H14F3N3O3. The van der Waals surface area contributed by atoms with Crippen molar-refractivity contribution in [2.45, 2.75) is 12.8 Å². The van der Waals surface area contributed by atoms with E-state index in [4.69, 9.17) is 10.5 Å². The van der Waals surface area contributed by atoms with Gasteiger partial charge in [-0.25, -0.2) is 10.2 Å². The molecule has 9 heteroatoms. The Kier molecular flexibility index (Phi) is 5.97. The lowest BCUT2D eigenvalue weighted by molar-refractivity contribution is -0.176. The second kappa shape index (κ2) is 7.48.